The van der Waals surface area contributed by atoms with E-state index in [0.29, 0.717) is 13.1 Å². The van der Waals surface area contributed by atoms with Gasteiger partial charge in [-0.2, -0.15) is 0 Å². The van der Waals surface area contributed by atoms with Crippen molar-refractivity contribution in [1.82, 2.24) is 0 Å². The molecule has 11 nitrogen and oxygen atoms in total. The van der Waals surface area contributed by atoms with E-state index in [-0.39, 0.29) is 37.2 Å². The third kappa shape index (κ3) is 13.6. The molecule has 20 heavy (non-hydrogen) atoms. The van der Waals surface area contributed by atoms with Crippen LogP contribution in [0.1, 0.15) is 6.92 Å². The van der Waals surface area contributed by atoms with Crippen molar-refractivity contribution < 1.29 is 72.6 Å². The zero-order valence-electron chi connectivity index (χ0n) is 10.8. The van der Waals surface area contributed by atoms with Crippen molar-refractivity contribution in [2.75, 3.05) is 26.3 Å². The summed E-state index contributed by atoms with van der Waals surface area (Å²) in [6, 6.07) is 0. The minimum atomic E-state index is -5.82. The molecular formula is C6H20MnN2O9P2. The molecule has 0 aromatic rings. The Kier molecular flexibility index (Phi) is 19.1. The summed E-state index contributed by atoms with van der Waals surface area (Å²) in [5, 5.41) is 20.3. The van der Waals surface area contributed by atoms with Crippen LogP contribution in [0.5, 0.6) is 0 Å². The van der Waals surface area contributed by atoms with Gasteiger partial charge in [-0.3, -0.25) is 0 Å². The topological polar surface area (TPSA) is 242 Å². The molecule has 1 radical (unpaired) electrons. The summed E-state index contributed by atoms with van der Waals surface area (Å²) in [7, 11) is -11.6. The molecule has 0 heterocycles. The van der Waals surface area contributed by atoms with Gasteiger partial charge in [-0.15, -0.1) is 0 Å². The van der Waals surface area contributed by atoms with Crippen LogP contribution in [0.4, 0.5) is 0 Å². The third-order valence-corrected chi connectivity index (χ3v) is 4.90. The van der Waals surface area contributed by atoms with Crippen LogP contribution < -0.4 is 31.0 Å². The number of quaternary nitrogens is 2. The van der Waals surface area contributed by atoms with E-state index in [4.69, 9.17) is 15.3 Å². The Morgan fingerprint density at radius 2 is 1.10 bits per heavy atom. The summed E-state index contributed by atoms with van der Waals surface area (Å²) < 4.78 is 19.9. The molecule has 0 aliphatic carbocycles. The Labute approximate surface area is 126 Å². The molecule has 0 bridgehead atoms. The number of rotatable bonds is 4. The first-order valence-electron chi connectivity index (χ1n) is 4.90. The monoisotopic (exact) mass is 381 g/mol. The van der Waals surface area contributed by atoms with Crippen LogP contribution in [-0.2, 0) is 26.2 Å². The number of aliphatic hydroxyl groups is 3. The number of hydrogen-bond donors (Lipinski definition) is 5. The average molecular weight is 381 g/mol. The van der Waals surface area contributed by atoms with E-state index < -0.39 is 20.3 Å². The van der Waals surface area contributed by atoms with Gasteiger partial charge < -0.3 is 55.5 Å². The van der Waals surface area contributed by atoms with Crippen molar-refractivity contribution in [3.05, 3.63) is 0 Å². The van der Waals surface area contributed by atoms with Gasteiger partial charge in [-0.1, -0.05) is 0 Å². The molecule has 0 aliphatic heterocycles. The number of aliphatic hydroxyl groups excluding tert-OH is 2. The van der Waals surface area contributed by atoms with Crippen molar-refractivity contribution in [2.24, 2.45) is 0 Å². The van der Waals surface area contributed by atoms with Crippen LogP contribution in [0, 0.1) is 0 Å². The van der Waals surface area contributed by atoms with Crippen molar-refractivity contribution in [3.63, 3.8) is 0 Å². The Hall–Kier alpha value is 0.619. The van der Waals surface area contributed by atoms with Gasteiger partial charge in [-0.05, 0) is 22.1 Å². The van der Waals surface area contributed by atoms with E-state index in [9.17, 15) is 28.7 Å². The molecule has 0 fully saturated rings. The second-order valence-corrected chi connectivity index (χ2v) is 7.20. The summed E-state index contributed by atoms with van der Waals surface area (Å²) in [5.74, 6) is 0. The van der Waals surface area contributed by atoms with E-state index in [1.807, 2.05) is 0 Å². The number of hydrogen-bond acceptors (Lipinski definition) is 9. The Morgan fingerprint density at radius 1 is 0.950 bits per heavy atom. The molecule has 0 spiro atoms. The maximum Gasteiger partial charge on any atom is 2.00 e. The molecule has 0 rings (SSSR count). The van der Waals surface area contributed by atoms with Gasteiger partial charge in [0.25, 0.3) is 0 Å². The molecule has 0 saturated heterocycles. The Morgan fingerprint density at radius 3 is 1.10 bits per heavy atom. The van der Waals surface area contributed by atoms with Crippen LogP contribution in [0.3, 0.4) is 0 Å². The quantitative estimate of drug-likeness (QED) is 0.229. The van der Waals surface area contributed by atoms with E-state index in [0.717, 1.165) is 0 Å². The predicted octanol–water partition coefficient (Wildman–Crippen LogP) is -7.08. The fourth-order valence-electron chi connectivity index (χ4n) is 0.150. The fraction of sp³-hybridized carbons (Fsp3) is 1.00. The van der Waals surface area contributed by atoms with Gasteiger partial charge in [0, 0.05) is 0 Å². The Balaban J connectivity index is -0.000000119. The van der Waals surface area contributed by atoms with Crippen molar-refractivity contribution >= 4 is 15.2 Å². The normalized spacial score (nSPS) is 11.3. The van der Waals surface area contributed by atoms with Gasteiger partial charge in [-0.25, -0.2) is 0 Å². The maximum atomic E-state index is 9.95. The zero-order valence-corrected chi connectivity index (χ0v) is 13.8. The van der Waals surface area contributed by atoms with Gasteiger partial charge >= 0.3 is 17.1 Å². The van der Waals surface area contributed by atoms with Crippen molar-refractivity contribution in [3.8, 4) is 0 Å². The Bertz CT molecular complexity index is 273. The average Bonchev–Trinajstić information content (AvgIpc) is 2.27. The molecule has 0 unspecified atom stereocenters. The van der Waals surface area contributed by atoms with Gasteiger partial charge in [0.05, 0.1) is 26.3 Å². The van der Waals surface area contributed by atoms with E-state index in [1.165, 1.54) is 0 Å². The van der Waals surface area contributed by atoms with Crippen molar-refractivity contribution in [1.29, 1.82) is 0 Å². The predicted molar refractivity (Wildman–Crippen MR) is 55.5 cm³/mol. The first kappa shape index (κ1) is 28.7. The van der Waals surface area contributed by atoms with Crippen LogP contribution in [-0.4, -0.2) is 46.7 Å². The zero-order chi connectivity index (χ0) is 16.3. The minimum Gasteiger partial charge on any atom is -0.808 e. The summed E-state index contributed by atoms with van der Waals surface area (Å²) >= 11 is 0. The fourth-order valence-corrected chi connectivity index (χ4v) is 1.35. The summed E-state index contributed by atoms with van der Waals surface area (Å²) in [5.41, 5.74) is 6.71. The van der Waals surface area contributed by atoms with Gasteiger partial charge in [0.15, 0.2) is 0 Å². The first-order chi connectivity index (χ1) is 8.33. The van der Waals surface area contributed by atoms with E-state index in [1.54, 1.807) is 0 Å². The van der Waals surface area contributed by atoms with Crippen molar-refractivity contribution in [2.45, 2.75) is 12.0 Å². The first-order valence-corrected chi connectivity index (χ1v) is 7.98. The van der Waals surface area contributed by atoms with Gasteiger partial charge in [0.2, 0.25) is 0 Å². The molecule has 0 saturated carbocycles. The SMILES string of the molecule is CC(O)(P(=O)([O-])[O-])P(=O)([O-])[O-].[Mn+2].[NH3+]CCO.[NH3+]CCO. The van der Waals surface area contributed by atoms with E-state index in [2.05, 4.69) is 11.5 Å². The second-order valence-electron chi connectivity index (χ2n) is 3.12. The second kappa shape index (κ2) is 13.3. The third-order valence-electron chi connectivity index (χ3n) is 1.35. The summed E-state index contributed by atoms with van der Waals surface area (Å²) in [6.07, 6.45) is 0. The largest absolute Gasteiger partial charge is 2.00 e. The van der Waals surface area contributed by atoms with Crippen LogP contribution in [0.15, 0.2) is 0 Å². The standard InChI is InChI=1S/2C2H7NO.C2H8O7P2.Mn/c2*3-1-2-4;1-2(3,10(4,5)6)11(7,8)9;/h2*4H,1-3H2;3H,1H3,(H2,4,5,6)(H2,7,8,9);/q;;;+2/p-2. The molecule has 0 aromatic heterocycles. The van der Waals surface area contributed by atoms with Crippen LogP contribution >= 0.6 is 15.2 Å². The van der Waals surface area contributed by atoms with Crippen LogP contribution in [0.25, 0.3) is 0 Å². The summed E-state index contributed by atoms with van der Waals surface area (Å²) in [6.45, 7) is 1.80. The molecule has 0 atom stereocenters. The molecule has 14 heteroatoms. The molecule has 9 N–H and O–H groups in total. The van der Waals surface area contributed by atoms with E-state index >= 15 is 0 Å². The van der Waals surface area contributed by atoms with Crippen LogP contribution in [0.2, 0.25) is 0 Å². The smallest absolute Gasteiger partial charge is 0.808 e. The molecule has 0 aliphatic rings. The molecule has 0 aromatic carbocycles. The van der Waals surface area contributed by atoms with Gasteiger partial charge in [0.1, 0.15) is 5.08 Å². The summed E-state index contributed by atoms with van der Waals surface area (Å²) in [4.78, 5) is 39.8. The minimum absolute atomic E-state index is 0. The molecule has 0 amide bonds. The molecular weight excluding hydrogens is 361 g/mol. The maximum absolute atomic E-state index is 9.95. The molecule has 125 valence electrons.